The summed E-state index contributed by atoms with van der Waals surface area (Å²) in [5.41, 5.74) is 5.25. The van der Waals surface area contributed by atoms with Crippen LogP contribution in [0.4, 0.5) is 0 Å². The van der Waals surface area contributed by atoms with Crippen molar-refractivity contribution in [3.8, 4) is 0 Å². The maximum Gasteiger partial charge on any atom is 0.193 e. The van der Waals surface area contributed by atoms with Crippen molar-refractivity contribution in [1.82, 2.24) is 0 Å². The SMILES string of the molecule is CC1=C(C)C(c2ccccc2C(=O)c2ccccc2)C=C1. The predicted octanol–water partition coefficient (Wildman–Crippen LogP) is 4.91. The molecule has 1 heteroatoms. The van der Waals surface area contributed by atoms with E-state index < -0.39 is 0 Å². The van der Waals surface area contributed by atoms with Gasteiger partial charge >= 0.3 is 0 Å². The number of carbonyl (C=O) groups is 1. The van der Waals surface area contributed by atoms with Crippen LogP contribution >= 0.6 is 0 Å². The zero-order chi connectivity index (χ0) is 14.8. The van der Waals surface area contributed by atoms with Gasteiger partial charge in [0, 0.05) is 17.0 Å². The molecule has 0 fully saturated rings. The Bertz CT molecular complexity index is 735. The molecule has 1 aliphatic rings. The Morgan fingerprint density at radius 3 is 2.24 bits per heavy atom. The number of hydrogen-bond acceptors (Lipinski definition) is 1. The minimum atomic E-state index is 0.0944. The van der Waals surface area contributed by atoms with Crippen LogP contribution in [-0.4, -0.2) is 5.78 Å². The number of allylic oxidation sites excluding steroid dienone is 4. The summed E-state index contributed by atoms with van der Waals surface area (Å²) in [5, 5.41) is 0. The molecule has 2 aromatic rings. The van der Waals surface area contributed by atoms with Crippen molar-refractivity contribution in [3.05, 3.63) is 94.6 Å². The molecule has 0 saturated heterocycles. The van der Waals surface area contributed by atoms with E-state index in [4.69, 9.17) is 0 Å². The normalized spacial score (nSPS) is 17.3. The average molecular weight is 274 g/mol. The average Bonchev–Trinajstić information content (AvgIpc) is 2.87. The zero-order valence-electron chi connectivity index (χ0n) is 12.3. The Morgan fingerprint density at radius 2 is 1.57 bits per heavy atom. The molecule has 1 unspecified atom stereocenters. The van der Waals surface area contributed by atoms with Crippen molar-refractivity contribution >= 4 is 5.78 Å². The first kappa shape index (κ1) is 13.6. The largest absolute Gasteiger partial charge is 0.289 e. The lowest BCUT2D eigenvalue weighted by molar-refractivity contribution is 0.103. The van der Waals surface area contributed by atoms with Crippen LogP contribution in [0.25, 0.3) is 0 Å². The Hall–Kier alpha value is -2.41. The standard InChI is InChI=1S/C20H18O/c1-14-12-13-17(15(14)2)18-10-6-7-11-19(18)20(21)16-8-4-3-5-9-16/h3-13,17H,1-2H3. The number of carbonyl (C=O) groups excluding carboxylic acids is 1. The van der Waals surface area contributed by atoms with Crippen LogP contribution in [0, 0.1) is 0 Å². The van der Waals surface area contributed by atoms with Gasteiger partial charge in [0.15, 0.2) is 5.78 Å². The molecular formula is C20H18O. The lowest BCUT2D eigenvalue weighted by Gasteiger charge is -2.16. The second-order valence-corrected chi connectivity index (χ2v) is 5.49. The van der Waals surface area contributed by atoms with Crippen LogP contribution < -0.4 is 0 Å². The first-order valence-electron chi connectivity index (χ1n) is 7.22. The third kappa shape index (κ3) is 2.47. The molecular weight excluding hydrogens is 256 g/mol. The van der Waals surface area contributed by atoms with E-state index in [0.717, 1.165) is 16.7 Å². The summed E-state index contributed by atoms with van der Waals surface area (Å²) in [6.45, 7) is 4.26. The molecule has 1 aliphatic carbocycles. The van der Waals surface area contributed by atoms with Gasteiger partial charge in [0.2, 0.25) is 0 Å². The van der Waals surface area contributed by atoms with Gasteiger partial charge in [0.05, 0.1) is 0 Å². The molecule has 0 bridgehead atoms. The molecule has 0 radical (unpaired) electrons. The van der Waals surface area contributed by atoms with Crippen molar-refractivity contribution < 1.29 is 4.79 Å². The molecule has 2 aromatic carbocycles. The van der Waals surface area contributed by atoms with Gasteiger partial charge in [-0.2, -0.15) is 0 Å². The van der Waals surface area contributed by atoms with Gasteiger partial charge in [-0.05, 0) is 19.4 Å². The van der Waals surface area contributed by atoms with E-state index in [2.05, 4.69) is 32.1 Å². The highest BCUT2D eigenvalue weighted by molar-refractivity contribution is 6.10. The quantitative estimate of drug-likeness (QED) is 0.727. The van der Waals surface area contributed by atoms with Crippen molar-refractivity contribution in [1.29, 1.82) is 0 Å². The van der Waals surface area contributed by atoms with Gasteiger partial charge in [-0.1, -0.05) is 77.9 Å². The first-order chi connectivity index (χ1) is 10.2. The molecule has 0 aliphatic heterocycles. The van der Waals surface area contributed by atoms with E-state index in [-0.39, 0.29) is 11.7 Å². The highest BCUT2D eigenvalue weighted by Gasteiger charge is 2.22. The topological polar surface area (TPSA) is 17.1 Å². The molecule has 0 N–H and O–H groups in total. The fourth-order valence-corrected chi connectivity index (χ4v) is 2.82. The molecule has 21 heavy (non-hydrogen) atoms. The Balaban J connectivity index is 2.06. The number of rotatable bonds is 3. The zero-order valence-corrected chi connectivity index (χ0v) is 12.3. The van der Waals surface area contributed by atoms with Crippen LogP contribution in [0.15, 0.2) is 77.9 Å². The molecule has 0 heterocycles. The summed E-state index contributed by atoms with van der Waals surface area (Å²) >= 11 is 0. The Morgan fingerprint density at radius 1 is 0.905 bits per heavy atom. The maximum absolute atomic E-state index is 12.8. The molecule has 0 aromatic heterocycles. The van der Waals surface area contributed by atoms with Crippen LogP contribution in [0.1, 0.15) is 41.3 Å². The van der Waals surface area contributed by atoms with Gasteiger partial charge in [-0.25, -0.2) is 0 Å². The summed E-state index contributed by atoms with van der Waals surface area (Å²) in [7, 11) is 0. The van der Waals surface area contributed by atoms with E-state index in [0.29, 0.717) is 0 Å². The van der Waals surface area contributed by atoms with Gasteiger partial charge < -0.3 is 0 Å². The lowest BCUT2D eigenvalue weighted by Crippen LogP contribution is -2.08. The van der Waals surface area contributed by atoms with E-state index in [9.17, 15) is 4.79 Å². The fraction of sp³-hybridized carbons (Fsp3) is 0.150. The molecule has 0 saturated carbocycles. The van der Waals surface area contributed by atoms with Crippen molar-refractivity contribution in [2.75, 3.05) is 0 Å². The van der Waals surface area contributed by atoms with Crippen LogP contribution in [0.2, 0.25) is 0 Å². The van der Waals surface area contributed by atoms with Crippen LogP contribution in [-0.2, 0) is 0 Å². The monoisotopic (exact) mass is 274 g/mol. The van der Waals surface area contributed by atoms with Crippen LogP contribution in [0.5, 0.6) is 0 Å². The van der Waals surface area contributed by atoms with Crippen LogP contribution in [0.3, 0.4) is 0 Å². The first-order valence-corrected chi connectivity index (χ1v) is 7.22. The van der Waals surface area contributed by atoms with Gasteiger partial charge in [0.25, 0.3) is 0 Å². The summed E-state index contributed by atoms with van der Waals surface area (Å²) in [4.78, 5) is 12.8. The van der Waals surface area contributed by atoms with Gasteiger partial charge in [0.1, 0.15) is 0 Å². The number of ketones is 1. The highest BCUT2D eigenvalue weighted by atomic mass is 16.1. The van der Waals surface area contributed by atoms with Gasteiger partial charge in [-0.15, -0.1) is 0 Å². The minimum absolute atomic E-state index is 0.0944. The van der Waals surface area contributed by atoms with E-state index in [1.165, 1.54) is 11.1 Å². The second-order valence-electron chi connectivity index (χ2n) is 5.49. The minimum Gasteiger partial charge on any atom is -0.289 e. The summed E-state index contributed by atoms with van der Waals surface area (Å²) in [6, 6.07) is 17.4. The van der Waals surface area contributed by atoms with Gasteiger partial charge in [-0.3, -0.25) is 4.79 Å². The smallest absolute Gasteiger partial charge is 0.193 e. The third-order valence-corrected chi connectivity index (χ3v) is 4.20. The van der Waals surface area contributed by atoms with Crippen molar-refractivity contribution in [2.24, 2.45) is 0 Å². The molecule has 0 spiro atoms. The predicted molar refractivity (Wildman–Crippen MR) is 86.6 cm³/mol. The number of benzene rings is 2. The summed E-state index contributed by atoms with van der Waals surface area (Å²) < 4.78 is 0. The molecule has 104 valence electrons. The van der Waals surface area contributed by atoms with E-state index in [1.54, 1.807) is 0 Å². The third-order valence-electron chi connectivity index (χ3n) is 4.20. The summed E-state index contributed by atoms with van der Waals surface area (Å²) in [6.07, 6.45) is 4.32. The Labute approximate surface area is 125 Å². The lowest BCUT2D eigenvalue weighted by atomic mass is 9.87. The molecule has 1 atom stereocenters. The Kier molecular flexibility index (Phi) is 3.57. The van der Waals surface area contributed by atoms with Crippen molar-refractivity contribution in [2.45, 2.75) is 19.8 Å². The molecule has 3 rings (SSSR count). The van der Waals surface area contributed by atoms with E-state index >= 15 is 0 Å². The van der Waals surface area contributed by atoms with Crippen molar-refractivity contribution in [3.63, 3.8) is 0 Å². The molecule has 0 amide bonds. The van der Waals surface area contributed by atoms with E-state index in [1.807, 2.05) is 48.5 Å². The second kappa shape index (κ2) is 5.53. The summed E-state index contributed by atoms with van der Waals surface area (Å²) in [5.74, 6) is 0.311. The molecule has 1 nitrogen and oxygen atoms in total. The maximum atomic E-state index is 12.8. The number of hydrogen-bond donors (Lipinski definition) is 0. The highest BCUT2D eigenvalue weighted by Crippen LogP contribution is 2.35. The fourth-order valence-electron chi connectivity index (χ4n) is 2.82.